The van der Waals surface area contributed by atoms with Gasteiger partial charge in [-0.05, 0) is 25.0 Å². The van der Waals surface area contributed by atoms with E-state index in [1.54, 1.807) is 24.3 Å². The summed E-state index contributed by atoms with van der Waals surface area (Å²) in [5.74, 6) is -2.89. The normalized spacial score (nSPS) is 22.5. The molecule has 1 aliphatic rings. The SMILES string of the molecule is COc1cccc(C(=O)C2CCCC(F)(F)C2)c1. The highest BCUT2D eigenvalue weighted by Gasteiger charge is 2.39. The zero-order valence-electron chi connectivity index (χ0n) is 10.3. The van der Waals surface area contributed by atoms with E-state index < -0.39 is 11.8 Å². The van der Waals surface area contributed by atoms with Gasteiger partial charge in [-0.25, -0.2) is 8.78 Å². The Morgan fingerprint density at radius 3 is 2.89 bits per heavy atom. The van der Waals surface area contributed by atoms with E-state index in [-0.39, 0.29) is 18.6 Å². The van der Waals surface area contributed by atoms with Gasteiger partial charge >= 0.3 is 0 Å². The van der Waals surface area contributed by atoms with Crippen LogP contribution in [0.1, 0.15) is 36.0 Å². The molecule has 0 bridgehead atoms. The van der Waals surface area contributed by atoms with Crippen molar-refractivity contribution in [3.63, 3.8) is 0 Å². The summed E-state index contributed by atoms with van der Waals surface area (Å²) in [4.78, 5) is 12.2. The van der Waals surface area contributed by atoms with Crippen LogP contribution in [0.5, 0.6) is 5.75 Å². The average Bonchev–Trinajstić information content (AvgIpc) is 2.37. The van der Waals surface area contributed by atoms with E-state index in [2.05, 4.69) is 0 Å². The number of ether oxygens (including phenoxy) is 1. The second-order valence-electron chi connectivity index (χ2n) is 4.75. The van der Waals surface area contributed by atoms with Crippen LogP contribution in [-0.4, -0.2) is 18.8 Å². The summed E-state index contributed by atoms with van der Waals surface area (Å²) in [5.41, 5.74) is 0.456. The number of carbonyl (C=O) groups is 1. The third kappa shape index (κ3) is 2.86. The quantitative estimate of drug-likeness (QED) is 0.769. The van der Waals surface area contributed by atoms with Crippen molar-refractivity contribution in [3.05, 3.63) is 29.8 Å². The van der Waals surface area contributed by atoms with Crippen LogP contribution in [0, 0.1) is 5.92 Å². The predicted molar refractivity (Wildman–Crippen MR) is 64.2 cm³/mol. The lowest BCUT2D eigenvalue weighted by atomic mass is 9.82. The van der Waals surface area contributed by atoms with Crippen LogP contribution in [0.25, 0.3) is 0 Å². The van der Waals surface area contributed by atoms with Crippen molar-refractivity contribution in [1.29, 1.82) is 0 Å². The van der Waals surface area contributed by atoms with Crippen LogP contribution in [0.4, 0.5) is 8.78 Å². The fourth-order valence-corrected chi connectivity index (χ4v) is 2.41. The Labute approximate surface area is 105 Å². The maximum Gasteiger partial charge on any atom is 0.248 e. The van der Waals surface area contributed by atoms with Gasteiger partial charge in [0, 0.05) is 24.3 Å². The van der Waals surface area contributed by atoms with Gasteiger partial charge < -0.3 is 4.74 Å². The molecule has 0 saturated heterocycles. The second-order valence-corrected chi connectivity index (χ2v) is 4.75. The van der Waals surface area contributed by atoms with Crippen LogP contribution >= 0.6 is 0 Å². The molecule has 1 fully saturated rings. The number of alkyl halides is 2. The molecule has 0 aromatic heterocycles. The van der Waals surface area contributed by atoms with E-state index in [4.69, 9.17) is 4.74 Å². The Morgan fingerprint density at radius 1 is 1.44 bits per heavy atom. The number of Topliss-reactive ketones (excluding diaryl/α,β-unsaturated/α-hetero) is 1. The highest BCUT2D eigenvalue weighted by atomic mass is 19.3. The second kappa shape index (κ2) is 5.04. The number of methoxy groups -OCH3 is 1. The summed E-state index contributed by atoms with van der Waals surface area (Å²) in [6, 6.07) is 6.69. The van der Waals surface area contributed by atoms with Crippen LogP contribution in [0.3, 0.4) is 0 Å². The van der Waals surface area contributed by atoms with Gasteiger partial charge in [0.05, 0.1) is 7.11 Å². The molecule has 1 aromatic carbocycles. The predicted octanol–water partition coefficient (Wildman–Crippen LogP) is 3.70. The molecule has 0 heterocycles. The summed E-state index contributed by atoms with van der Waals surface area (Å²) in [7, 11) is 1.51. The van der Waals surface area contributed by atoms with Crippen molar-refractivity contribution >= 4 is 5.78 Å². The van der Waals surface area contributed by atoms with Crippen LogP contribution in [0.15, 0.2) is 24.3 Å². The van der Waals surface area contributed by atoms with Crippen LogP contribution in [0.2, 0.25) is 0 Å². The molecule has 0 N–H and O–H groups in total. The van der Waals surface area contributed by atoms with Gasteiger partial charge in [0.2, 0.25) is 5.92 Å². The Bertz CT molecular complexity index is 443. The first-order valence-electron chi connectivity index (χ1n) is 6.08. The zero-order chi connectivity index (χ0) is 13.2. The number of hydrogen-bond donors (Lipinski definition) is 0. The molecule has 0 spiro atoms. The average molecular weight is 254 g/mol. The number of ketones is 1. The standard InChI is InChI=1S/C14H16F2O2/c1-18-12-6-2-4-10(8-12)13(17)11-5-3-7-14(15,16)9-11/h2,4,6,8,11H,3,5,7,9H2,1H3. The van der Waals surface area contributed by atoms with E-state index in [9.17, 15) is 13.6 Å². The fourth-order valence-electron chi connectivity index (χ4n) is 2.41. The lowest BCUT2D eigenvalue weighted by molar-refractivity contribution is -0.0477. The van der Waals surface area contributed by atoms with Crippen molar-refractivity contribution in [3.8, 4) is 5.75 Å². The third-order valence-electron chi connectivity index (χ3n) is 3.37. The minimum atomic E-state index is -2.70. The van der Waals surface area contributed by atoms with Gasteiger partial charge in [0.15, 0.2) is 5.78 Å². The molecule has 4 heteroatoms. The summed E-state index contributed by atoms with van der Waals surface area (Å²) in [5, 5.41) is 0. The highest BCUT2D eigenvalue weighted by molar-refractivity contribution is 5.98. The number of rotatable bonds is 3. The van der Waals surface area contributed by atoms with Crippen molar-refractivity contribution in [2.75, 3.05) is 7.11 Å². The summed E-state index contributed by atoms with van der Waals surface area (Å²) in [6.07, 6.45) is 0.525. The molecular weight excluding hydrogens is 238 g/mol. The van der Waals surface area contributed by atoms with Crippen molar-refractivity contribution in [2.24, 2.45) is 5.92 Å². The number of halogens is 2. The molecule has 1 aliphatic carbocycles. The fraction of sp³-hybridized carbons (Fsp3) is 0.500. The van der Waals surface area contributed by atoms with E-state index >= 15 is 0 Å². The van der Waals surface area contributed by atoms with Gasteiger partial charge in [-0.15, -0.1) is 0 Å². The van der Waals surface area contributed by atoms with Gasteiger partial charge in [-0.1, -0.05) is 12.1 Å². The van der Waals surface area contributed by atoms with Crippen LogP contribution in [-0.2, 0) is 0 Å². The van der Waals surface area contributed by atoms with E-state index in [0.29, 0.717) is 24.2 Å². The van der Waals surface area contributed by atoms with E-state index in [1.807, 2.05) is 0 Å². The Kier molecular flexibility index (Phi) is 3.64. The van der Waals surface area contributed by atoms with Gasteiger partial charge in [0.1, 0.15) is 5.75 Å². The Hall–Kier alpha value is -1.45. The topological polar surface area (TPSA) is 26.3 Å². The number of carbonyl (C=O) groups excluding carboxylic acids is 1. The molecular formula is C14H16F2O2. The maximum absolute atomic E-state index is 13.3. The summed E-state index contributed by atoms with van der Waals surface area (Å²) >= 11 is 0. The third-order valence-corrected chi connectivity index (χ3v) is 3.37. The summed E-state index contributed by atoms with van der Waals surface area (Å²) < 4.78 is 31.6. The molecule has 0 aliphatic heterocycles. The van der Waals surface area contributed by atoms with Gasteiger partial charge in [-0.3, -0.25) is 4.79 Å². The molecule has 18 heavy (non-hydrogen) atoms. The van der Waals surface area contributed by atoms with Gasteiger partial charge in [-0.2, -0.15) is 0 Å². The molecule has 1 unspecified atom stereocenters. The van der Waals surface area contributed by atoms with Crippen molar-refractivity contribution in [2.45, 2.75) is 31.6 Å². The van der Waals surface area contributed by atoms with Crippen LogP contribution < -0.4 is 4.74 Å². The molecule has 1 aromatic rings. The minimum absolute atomic E-state index is 0.102. The lowest BCUT2D eigenvalue weighted by Gasteiger charge is -2.27. The first-order valence-corrected chi connectivity index (χ1v) is 6.08. The molecule has 98 valence electrons. The first kappa shape index (κ1) is 13.0. The summed E-state index contributed by atoms with van der Waals surface area (Å²) in [6.45, 7) is 0. The lowest BCUT2D eigenvalue weighted by Crippen LogP contribution is -2.30. The van der Waals surface area contributed by atoms with E-state index in [0.717, 1.165) is 0 Å². The Balaban J connectivity index is 2.15. The minimum Gasteiger partial charge on any atom is -0.497 e. The molecule has 1 saturated carbocycles. The van der Waals surface area contributed by atoms with Crippen molar-refractivity contribution in [1.82, 2.24) is 0 Å². The molecule has 0 amide bonds. The smallest absolute Gasteiger partial charge is 0.248 e. The molecule has 2 rings (SSSR count). The zero-order valence-corrected chi connectivity index (χ0v) is 10.3. The highest BCUT2D eigenvalue weighted by Crippen LogP contribution is 2.38. The van der Waals surface area contributed by atoms with Crippen molar-refractivity contribution < 1.29 is 18.3 Å². The van der Waals surface area contributed by atoms with E-state index in [1.165, 1.54) is 7.11 Å². The molecule has 2 nitrogen and oxygen atoms in total. The number of benzene rings is 1. The maximum atomic E-state index is 13.3. The van der Waals surface area contributed by atoms with Gasteiger partial charge in [0.25, 0.3) is 0 Å². The largest absolute Gasteiger partial charge is 0.497 e. The monoisotopic (exact) mass is 254 g/mol. The Morgan fingerprint density at radius 2 is 2.22 bits per heavy atom. The molecule has 1 atom stereocenters. The first-order chi connectivity index (χ1) is 8.52. The molecule has 0 radical (unpaired) electrons. The number of hydrogen-bond acceptors (Lipinski definition) is 2.